The molecular weight excluding hydrogens is 284 g/mol. The van der Waals surface area contributed by atoms with Crippen LogP contribution >= 0.6 is 0 Å². The summed E-state index contributed by atoms with van der Waals surface area (Å²) in [5.41, 5.74) is -0.249. The average molecular weight is 300 g/mol. The predicted octanol–water partition coefficient (Wildman–Crippen LogP) is 1.41. The largest absolute Gasteiger partial charge is 0.360 e. The lowest BCUT2D eigenvalue weighted by atomic mass is 10.1. The summed E-state index contributed by atoms with van der Waals surface area (Å²) in [6, 6.07) is 7.08. The summed E-state index contributed by atoms with van der Waals surface area (Å²) in [5.74, 6) is 0.293. The van der Waals surface area contributed by atoms with Crippen molar-refractivity contribution < 1.29 is 14.1 Å². The van der Waals surface area contributed by atoms with Gasteiger partial charge in [-0.05, 0) is 31.9 Å². The van der Waals surface area contributed by atoms with Crippen molar-refractivity contribution in [2.75, 3.05) is 5.32 Å². The summed E-state index contributed by atoms with van der Waals surface area (Å²) in [6.45, 7) is 2.03. The fraction of sp³-hybridized carbons (Fsp3) is 0.333. The fourth-order valence-electron chi connectivity index (χ4n) is 2.19. The van der Waals surface area contributed by atoms with Gasteiger partial charge in [-0.15, -0.1) is 0 Å². The minimum absolute atomic E-state index is 0.282. The monoisotopic (exact) mass is 300 g/mol. The summed E-state index contributed by atoms with van der Waals surface area (Å²) in [7, 11) is 0. The number of aromatic nitrogens is 2. The Balaban J connectivity index is 1.60. The molecule has 114 valence electrons. The van der Waals surface area contributed by atoms with Crippen molar-refractivity contribution >= 4 is 17.6 Å². The molecule has 0 bridgehead atoms. The van der Waals surface area contributed by atoms with Crippen LogP contribution in [0.25, 0.3) is 0 Å². The van der Waals surface area contributed by atoms with Gasteiger partial charge < -0.3 is 15.2 Å². The molecule has 0 unspecified atom stereocenters. The number of hydrogen-bond acceptors (Lipinski definition) is 5. The van der Waals surface area contributed by atoms with Crippen molar-refractivity contribution in [2.24, 2.45) is 5.41 Å². The smallest absolute Gasteiger partial charge is 0.241 e. The van der Waals surface area contributed by atoms with Crippen molar-refractivity contribution in [2.45, 2.75) is 26.3 Å². The van der Waals surface area contributed by atoms with Gasteiger partial charge in [0.15, 0.2) is 5.82 Å². The standard InChI is InChI=1S/C15H16N4O3/c1-10-8-12(19-22-10)18-14(21)15(5-6-15)13(20)17-9-11-4-2-3-7-16-11/h2-4,7-8H,5-6,9H2,1H3,(H,17,20)(H,18,19,21). The Labute approximate surface area is 127 Å². The SMILES string of the molecule is Cc1cc(NC(=O)C2(C(=O)NCc3ccccn3)CC2)no1. The maximum atomic E-state index is 12.3. The van der Waals surface area contributed by atoms with Crippen molar-refractivity contribution in [1.29, 1.82) is 0 Å². The third-order valence-electron chi connectivity index (χ3n) is 3.65. The minimum atomic E-state index is -0.998. The van der Waals surface area contributed by atoms with Gasteiger partial charge in [-0.25, -0.2) is 0 Å². The second-order valence-electron chi connectivity index (χ2n) is 5.36. The molecule has 2 heterocycles. The third kappa shape index (κ3) is 2.83. The number of anilines is 1. The third-order valence-corrected chi connectivity index (χ3v) is 3.65. The zero-order valence-corrected chi connectivity index (χ0v) is 12.1. The lowest BCUT2D eigenvalue weighted by molar-refractivity contribution is -0.134. The molecule has 0 aliphatic heterocycles. The van der Waals surface area contributed by atoms with E-state index < -0.39 is 5.41 Å². The first-order valence-corrected chi connectivity index (χ1v) is 7.03. The Bertz CT molecular complexity index is 692. The molecule has 0 radical (unpaired) electrons. The first kappa shape index (κ1) is 14.2. The molecular formula is C15H16N4O3. The molecule has 0 aromatic carbocycles. The Morgan fingerprint density at radius 2 is 2.14 bits per heavy atom. The molecule has 1 aliphatic carbocycles. The number of carbonyl (C=O) groups excluding carboxylic acids is 2. The Kier molecular flexibility index (Phi) is 3.62. The number of aryl methyl sites for hydroxylation is 1. The molecule has 1 aliphatic rings. The highest BCUT2D eigenvalue weighted by Crippen LogP contribution is 2.46. The number of nitrogens with one attached hydrogen (secondary N) is 2. The summed E-state index contributed by atoms with van der Waals surface area (Å²) >= 11 is 0. The van der Waals surface area contributed by atoms with E-state index in [0.717, 1.165) is 5.69 Å². The van der Waals surface area contributed by atoms with E-state index in [9.17, 15) is 9.59 Å². The maximum Gasteiger partial charge on any atom is 0.241 e. The highest BCUT2D eigenvalue weighted by atomic mass is 16.5. The van der Waals surface area contributed by atoms with Gasteiger partial charge in [-0.2, -0.15) is 0 Å². The summed E-state index contributed by atoms with van der Waals surface area (Å²) in [5, 5.41) is 9.09. The number of pyridine rings is 1. The van der Waals surface area contributed by atoms with Gasteiger partial charge >= 0.3 is 0 Å². The molecule has 1 saturated carbocycles. The molecule has 2 amide bonds. The van der Waals surface area contributed by atoms with Crippen molar-refractivity contribution in [3.63, 3.8) is 0 Å². The van der Waals surface area contributed by atoms with E-state index in [0.29, 0.717) is 31.0 Å². The van der Waals surface area contributed by atoms with Crippen LogP contribution in [0, 0.1) is 12.3 Å². The van der Waals surface area contributed by atoms with E-state index in [4.69, 9.17) is 4.52 Å². The molecule has 7 nitrogen and oxygen atoms in total. The van der Waals surface area contributed by atoms with Crippen LogP contribution in [0.3, 0.4) is 0 Å². The summed E-state index contributed by atoms with van der Waals surface area (Å²) < 4.78 is 4.89. The first-order chi connectivity index (χ1) is 10.6. The lowest BCUT2D eigenvalue weighted by Crippen LogP contribution is -2.39. The first-order valence-electron chi connectivity index (χ1n) is 7.03. The van der Waals surface area contributed by atoms with Crippen LogP contribution in [0.2, 0.25) is 0 Å². The molecule has 1 fully saturated rings. The van der Waals surface area contributed by atoms with Gasteiger partial charge in [0.05, 0.1) is 12.2 Å². The van der Waals surface area contributed by atoms with Gasteiger partial charge in [0.2, 0.25) is 11.8 Å². The number of amides is 2. The van der Waals surface area contributed by atoms with Crippen LogP contribution in [-0.4, -0.2) is 22.0 Å². The van der Waals surface area contributed by atoms with Gasteiger partial charge in [0, 0.05) is 12.3 Å². The molecule has 0 spiro atoms. The van der Waals surface area contributed by atoms with E-state index in [1.165, 1.54) is 0 Å². The quantitative estimate of drug-likeness (QED) is 0.814. The van der Waals surface area contributed by atoms with Crippen LogP contribution < -0.4 is 10.6 Å². The van der Waals surface area contributed by atoms with Crippen LogP contribution in [0.1, 0.15) is 24.3 Å². The van der Waals surface area contributed by atoms with E-state index in [1.807, 2.05) is 12.1 Å². The van der Waals surface area contributed by atoms with E-state index in [2.05, 4.69) is 20.8 Å². The molecule has 3 rings (SSSR count). The van der Waals surface area contributed by atoms with Gasteiger partial charge in [-0.3, -0.25) is 14.6 Å². The summed E-state index contributed by atoms with van der Waals surface area (Å²) in [4.78, 5) is 28.7. The highest BCUT2D eigenvalue weighted by molar-refractivity contribution is 6.12. The van der Waals surface area contributed by atoms with E-state index >= 15 is 0 Å². The topological polar surface area (TPSA) is 97.1 Å². The van der Waals surface area contributed by atoms with Crippen LogP contribution in [-0.2, 0) is 16.1 Å². The molecule has 2 N–H and O–H groups in total. The van der Waals surface area contributed by atoms with Crippen LogP contribution in [0.4, 0.5) is 5.82 Å². The predicted molar refractivity (Wildman–Crippen MR) is 77.6 cm³/mol. The number of rotatable bonds is 5. The molecule has 22 heavy (non-hydrogen) atoms. The number of carbonyl (C=O) groups is 2. The molecule has 2 aromatic rings. The van der Waals surface area contributed by atoms with E-state index in [-0.39, 0.29) is 11.8 Å². The average Bonchev–Trinajstić information content (AvgIpc) is 3.25. The number of nitrogens with zero attached hydrogens (tertiary/aromatic N) is 2. The normalized spacial score (nSPS) is 15.1. The molecule has 0 atom stereocenters. The van der Waals surface area contributed by atoms with Gasteiger partial charge in [-0.1, -0.05) is 11.2 Å². The lowest BCUT2D eigenvalue weighted by Gasteiger charge is -2.14. The van der Waals surface area contributed by atoms with Crippen LogP contribution in [0.5, 0.6) is 0 Å². The van der Waals surface area contributed by atoms with Crippen molar-refractivity contribution in [3.8, 4) is 0 Å². The fourth-order valence-corrected chi connectivity index (χ4v) is 2.19. The molecule has 0 saturated heterocycles. The second-order valence-corrected chi connectivity index (χ2v) is 5.36. The zero-order valence-electron chi connectivity index (χ0n) is 12.1. The van der Waals surface area contributed by atoms with Gasteiger partial charge in [0.1, 0.15) is 11.2 Å². The molecule has 7 heteroatoms. The zero-order chi connectivity index (χ0) is 15.6. The Morgan fingerprint density at radius 3 is 2.73 bits per heavy atom. The number of hydrogen-bond donors (Lipinski definition) is 2. The second kappa shape index (κ2) is 5.59. The van der Waals surface area contributed by atoms with E-state index in [1.54, 1.807) is 25.3 Å². The van der Waals surface area contributed by atoms with Crippen LogP contribution in [0.15, 0.2) is 35.0 Å². The Morgan fingerprint density at radius 1 is 1.32 bits per heavy atom. The molecule has 2 aromatic heterocycles. The minimum Gasteiger partial charge on any atom is -0.360 e. The van der Waals surface area contributed by atoms with Gasteiger partial charge in [0.25, 0.3) is 0 Å². The highest BCUT2D eigenvalue weighted by Gasteiger charge is 2.56. The van der Waals surface area contributed by atoms with Crippen molar-refractivity contribution in [3.05, 3.63) is 41.9 Å². The van der Waals surface area contributed by atoms with Crippen molar-refractivity contribution in [1.82, 2.24) is 15.5 Å². The summed E-state index contributed by atoms with van der Waals surface area (Å²) in [6.07, 6.45) is 2.72. The Hall–Kier alpha value is -2.70. The maximum absolute atomic E-state index is 12.3.